The van der Waals surface area contributed by atoms with Gasteiger partial charge in [0.15, 0.2) is 0 Å². The van der Waals surface area contributed by atoms with Gasteiger partial charge in [-0.25, -0.2) is 0 Å². The van der Waals surface area contributed by atoms with Crippen molar-refractivity contribution in [3.05, 3.63) is 29.3 Å². The molecule has 0 unspecified atom stereocenters. The van der Waals surface area contributed by atoms with Gasteiger partial charge < -0.3 is 10.4 Å². The highest BCUT2D eigenvalue weighted by molar-refractivity contribution is 6.30. The van der Waals surface area contributed by atoms with E-state index in [4.69, 9.17) is 16.7 Å². The molecule has 0 heterocycles. The molecule has 1 aromatic carbocycles. The Hall–Kier alpha value is -1.43. The molecule has 0 aromatic heterocycles. The van der Waals surface area contributed by atoms with Gasteiger partial charge in [-0.1, -0.05) is 11.6 Å². The maximum atomic E-state index is 12.7. The summed E-state index contributed by atoms with van der Waals surface area (Å²) in [4.78, 5) is 10.3. The molecule has 100 valence electrons. The molecule has 0 radical (unpaired) electrons. The number of alkyl halides is 3. The van der Waals surface area contributed by atoms with E-state index in [0.717, 1.165) is 0 Å². The number of nitrogens with one attached hydrogen (secondary N) is 1. The van der Waals surface area contributed by atoms with Crippen molar-refractivity contribution in [3.8, 4) is 0 Å². The maximum absolute atomic E-state index is 12.7. The number of aliphatic carboxylic acids is 1. The number of anilines is 1. The van der Waals surface area contributed by atoms with Crippen LogP contribution in [-0.4, -0.2) is 23.3 Å². The molecular formula is C11H11ClF3NO2. The molecule has 0 fully saturated rings. The molecule has 3 nitrogen and oxygen atoms in total. The Morgan fingerprint density at radius 2 is 1.89 bits per heavy atom. The van der Waals surface area contributed by atoms with Crippen LogP contribution in [0.4, 0.5) is 18.9 Å². The second-order valence-corrected chi connectivity index (χ2v) is 4.11. The lowest BCUT2D eigenvalue weighted by molar-refractivity contribution is -0.148. The van der Waals surface area contributed by atoms with Gasteiger partial charge in [-0.3, -0.25) is 4.79 Å². The van der Waals surface area contributed by atoms with Crippen molar-refractivity contribution in [2.45, 2.75) is 25.1 Å². The van der Waals surface area contributed by atoms with Gasteiger partial charge in [0.1, 0.15) is 6.04 Å². The van der Waals surface area contributed by atoms with Crippen LogP contribution in [0.25, 0.3) is 0 Å². The lowest BCUT2D eigenvalue weighted by atomic mass is 10.1. The van der Waals surface area contributed by atoms with Crippen molar-refractivity contribution < 1.29 is 23.1 Å². The van der Waals surface area contributed by atoms with Gasteiger partial charge in [0.05, 0.1) is 0 Å². The van der Waals surface area contributed by atoms with Gasteiger partial charge in [0.2, 0.25) is 0 Å². The molecule has 0 bridgehead atoms. The summed E-state index contributed by atoms with van der Waals surface area (Å²) >= 11 is 5.61. The van der Waals surface area contributed by atoms with Crippen LogP contribution in [0.5, 0.6) is 0 Å². The minimum absolute atomic E-state index is 0.243. The van der Waals surface area contributed by atoms with Crippen molar-refractivity contribution in [1.29, 1.82) is 0 Å². The Balaban J connectivity index is 2.72. The van der Waals surface area contributed by atoms with Crippen LogP contribution in [0.1, 0.15) is 12.8 Å². The van der Waals surface area contributed by atoms with Crippen molar-refractivity contribution in [2.24, 2.45) is 0 Å². The standard InChI is InChI=1S/C11H11ClF3NO2/c12-7-1-3-8(4-2-7)16-9(11(13,14)15)5-6-10(17)18/h1-4,9,16H,5-6H2,(H,17,18)/t9-/m0/s1. The van der Waals surface area contributed by atoms with Crippen molar-refractivity contribution in [3.63, 3.8) is 0 Å². The minimum atomic E-state index is -4.50. The lowest BCUT2D eigenvalue weighted by Gasteiger charge is -2.22. The van der Waals surface area contributed by atoms with E-state index in [9.17, 15) is 18.0 Å². The molecule has 0 amide bonds. The third-order valence-corrected chi connectivity index (χ3v) is 2.48. The van der Waals surface area contributed by atoms with Crippen LogP contribution < -0.4 is 5.32 Å². The summed E-state index contributed by atoms with van der Waals surface area (Å²) in [6, 6.07) is 3.82. The zero-order chi connectivity index (χ0) is 13.8. The normalized spacial score (nSPS) is 13.1. The summed E-state index contributed by atoms with van der Waals surface area (Å²) < 4.78 is 38.0. The van der Waals surface area contributed by atoms with Crippen LogP contribution >= 0.6 is 11.6 Å². The first-order valence-electron chi connectivity index (χ1n) is 5.09. The van der Waals surface area contributed by atoms with Crippen molar-refractivity contribution >= 4 is 23.3 Å². The largest absolute Gasteiger partial charge is 0.481 e. The van der Waals surface area contributed by atoms with Crippen LogP contribution in [0.2, 0.25) is 5.02 Å². The molecule has 1 rings (SSSR count). The molecular weight excluding hydrogens is 271 g/mol. The fourth-order valence-corrected chi connectivity index (χ4v) is 1.46. The van der Waals surface area contributed by atoms with Crippen LogP contribution in [0.15, 0.2) is 24.3 Å². The van der Waals surface area contributed by atoms with Crippen molar-refractivity contribution in [2.75, 3.05) is 5.32 Å². The molecule has 1 atom stereocenters. The van der Waals surface area contributed by atoms with E-state index < -0.39 is 31.0 Å². The molecule has 0 aliphatic rings. The molecule has 0 aliphatic heterocycles. The smallest absolute Gasteiger partial charge is 0.408 e. The first-order chi connectivity index (χ1) is 8.29. The summed E-state index contributed by atoms with van der Waals surface area (Å²) in [7, 11) is 0. The number of hydrogen-bond donors (Lipinski definition) is 2. The predicted octanol–water partition coefficient (Wildman–Crippen LogP) is 3.55. The molecule has 0 spiro atoms. The number of carboxylic acids is 1. The Labute approximate surface area is 107 Å². The average Bonchev–Trinajstić information content (AvgIpc) is 2.24. The fourth-order valence-electron chi connectivity index (χ4n) is 1.33. The van der Waals surface area contributed by atoms with E-state index in [2.05, 4.69) is 5.32 Å². The van der Waals surface area contributed by atoms with Gasteiger partial charge in [0.25, 0.3) is 0 Å². The summed E-state index contributed by atoms with van der Waals surface area (Å²) in [6.45, 7) is 0. The summed E-state index contributed by atoms with van der Waals surface area (Å²) in [5.74, 6) is -1.26. The van der Waals surface area contributed by atoms with E-state index in [1.807, 2.05) is 0 Å². The Kier molecular flexibility index (Phi) is 4.84. The molecule has 1 aromatic rings. The third kappa shape index (κ3) is 4.83. The zero-order valence-corrected chi connectivity index (χ0v) is 9.92. The highest BCUT2D eigenvalue weighted by Gasteiger charge is 2.39. The first kappa shape index (κ1) is 14.6. The Bertz CT molecular complexity index is 406. The number of carbonyl (C=O) groups is 1. The number of hydrogen-bond acceptors (Lipinski definition) is 2. The SMILES string of the molecule is O=C(O)CC[C@H](Nc1ccc(Cl)cc1)C(F)(F)F. The van der Waals surface area contributed by atoms with Crippen molar-refractivity contribution in [1.82, 2.24) is 0 Å². The molecule has 0 saturated carbocycles. The van der Waals surface area contributed by atoms with E-state index in [1.165, 1.54) is 24.3 Å². The molecule has 2 N–H and O–H groups in total. The predicted molar refractivity (Wildman–Crippen MR) is 61.8 cm³/mol. The molecule has 18 heavy (non-hydrogen) atoms. The van der Waals surface area contributed by atoms with E-state index in [-0.39, 0.29) is 5.69 Å². The molecule has 0 saturated heterocycles. The summed E-state index contributed by atoms with van der Waals surface area (Å²) in [5, 5.41) is 11.1. The monoisotopic (exact) mass is 281 g/mol. The summed E-state index contributed by atoms with van der Waals surface area (Å²) in [5.41, 5.74) is 0.243. The van der Waals surface area contributed by atoms with Gasteiger partial charge in [-0.2, -0.15) is 13.2 Å². The summed E-state index contributed by atoms with van der Waals surface area (Å²) in [6.07, 6.45) is -5.58. The first-order valence-corrected chi connectivity index (χ1v) is 5.47. The minimum Gasteiger partial charge on any atom is -0.481 e. The fraction of sp³-hybridized carbons (Fsp3) is 0.364. The van der Waals surface area contributed by atoms with E-state index >= 15 is 0 Å². The second-order valence-electron chi connectivity index (χ2n) is 3.68. The van der Waals surface area contributed by atoms with Gasteiger partial charge in [-0.15, -0.1) is 0 Å². The number of carboxylic acid groups (broad SMARTS) is 1. The highest BCUT2D eigenvalue weighted by Crippen LogP contribution is 2.27. The van der Waals surface area contributed by atoms with E-state index in [0.29, 0.717) is 5.02 Å². The van der Waals surface area contributed by atoms with Gasteiger partial charge in [0, 0.05) is 17.1 Å². The number of rotatable bonds is 5. The number of benzene rings is 1. The molecule has 0 aliphatic carbocycles. The Morgan fingerprint density at radius 3 is 2.33 bits per heavy atom. The zero-order valence-electron chi connectivity index (χ0n) is 9.17. The second kappa shape index (κ2) is 5.95. The van der Waals surface area contributed by atoms with Crippen LogP contribution in [-0.2, 0) is 4.79 Å². The quantitative estimate of drug-likeness (QED) is 0.868. The van der Waals surface area contributed by atoms with Crippen LogP contribution in [0.3, 0.4) is 0 Å². The van der Waals surface area contributed by atoms with Gasteiger partial charge in [-0.05, 0) is 30.7 Å². The number of halogens is 4. The molecule has 7 heteroatoms. The Morgan fingerprint density at radius 1 is 1.33 bits per heavy atom. The average molecular weight is 282 g/mol. The van der Waals surface area contributed by atoms with Crippen LogP contribution in [0, 0.1) is 0 Å². The topological polar surface area (TPSA) is 49.3 Å². The lowest BCUT2D eigenvalue weighted by Crippen LogP contribution is -2.36. The highest BCUT2D eigenvalue weighted by atomic mass is 35.5. The third-order valence-electron chi connectivity index (χ3n) is 2.23. The maximum Gasteiger partial charge on any atom is 0.408 e. The van der Waals surface area contributed by atoms with Gasteiger partial charge >= 0.3 is 12.1 Å². The van der Waals surface area contributed by atoms with E-state index in [1.54, 1.807) is 0 Å².